The predicted molar refractivity (Wildman–Crippen MR) is 161 cm³/mol. The van der Waals surface area contributed by atoms with Crippen LogP contribution in [0.3, 0.4) is 0 Å². The summed E-state index contributed by atoms with van der Waals surface area (Å²) in [7, 11) is 8.25. The van der Waals surface area contributed by atoms with Gasteiger partial charge < -0.3 is 14.9 Å². The van der Waals surface area contributed by atoms with E-state index in [4.69, 9.17) is 17.0 Å². The minimum atomic E-state index is -1.61. The van der Waals surface area contributed by atoms with Crippen molar-refractivity contribution in [2.45, 2.75) is 64.2 Å². The van der Waals surface area contributed by atoms with E-state index in [1.54, 1.807) is 16.7 Å². The molecule has 0 heterocycles. The van der Waals surface area contributed by atoms with Gasteiger partial charge >= 0.3 is 37.9 Å². The van der Waals surface area contributed by atoms with E-state index in [1.807, 2.05) is 0 Å². The molecule has 0 saturated heterocycles. The maximum absolute atomic E-state index is 4.93. The number of rotatable bonds is 3. The quantitative estimate of drug-likeness (QED) is 0.233. The second kappa shape index (κ2) is 13.3. The zero-order valence-electron chi connectivity index (χ0n) is 23.5. The summed E-state index contributed by atoms with van der Waals surface area (Å²) in [6.07, 6.45) is 15.9. The van der Waals surface area contributed by atoms with Gasteiger partial charge in [-0.1, -0.05) is 105 Å². The van der Waals surface area contributed by atoms with E-state index >= 15 is 0 Å². The van der Waals surface area contributed by atoms with Crippen molar-refractivity contribution < 1.29 is 20.8 Å². The second-order valence-corrected chi connectivity index (χ2v) is 20.5. The van der Waals surface area contributed by atoms with Crippen molar-refractivity contribution >= 4 is 25.1 Å². The molecule has 8 atom stereocenters. The third kappa shape index (κ3) is 5.73. The van der Waals surface area contributed by atoms with Crippen LogP contribution in [0, 0.1) is 50.4 Å². The molecule has 0 aliphatic heterocycles. The van der Waals surface area contributed by atoms with Crippen molar-refractivity contribution in [2.24, 2.45) is 35.5 Å². The number of hydrogen-bond acceptors (Lipinski definition) is 0. The predicted octanol–water partition coefficient (Wildman–Crippen LogP) is 10.7. The molecule has 0 aromatic heterocycles. The zero-order valence-corrected chi connectivity index (χ0v) is 28.5. The monoisotopic (exact) mass is 618 g/mol. The number of benzene rings is 1. The summed E-state index contributed by atoms with van der Waals surface area (Å²) in [6.45, 7) is 15.5. The standard InChI is InChI=1S/C30H40Si.2CH3.2ClH.Zr/c1-19-16-17-20(2)28-26(19)18-27(23-12-8-7-9-13-23)30(28)31(5,6)29-21(3)24-14-10-11-15-25(24)22(29)4;;;;;/h7-17,21-22,24-30H,18H2,1-6H3;2*1H3;2*1H;/q;2*-1;;;+4/p-2. The summed E-state index contributed by atoms with van der Waals surface area (Å²) in [6, 6.07) is 11.6. The molecule has 0 bridgehead atoms. The molecule has 8 unspecified atom stereocenters. The number of fused-ring (bicyclic) bond motifs is 2. The molecule has 1 aromatic carbocycles. The zero-order chi connectivity index (χ0) is 24.6. The van der Waals surface area contributed by atoms with Crippen LogP contribution >= 0.6 is 17.0 Å². The summed E-state index contributed by atoms with van der Waals surface area (Å²) in [5.41, 5.74) is 6.57. The molecule has 196 valence electrons. The van der Waals surface area contributed by atoms with Gasteiger partial charge in [-0.25, -0.2) is 0 Å². The van der Waals surface area contributed by atoms with E-state index in [1.165, 1.54) is 6.42 Å². The first-order chi connectivity index (χ1) is 16.2. The second-order valence-electron chi connectivity index (χ2n) is 11.8. The Balaban J connectivity index is 0.000000871. The van der Waals surface area contributed by atoms with Crippen LogP contribution in [0.5, 0.6) is 0 Å². The van der Waals surface area contributed by atoms with Crippen LogP contribution in [-0.4, -0.2) is 8.07 Å². The molecule has 1 aromatic rings. The first-order valence-electron chi connectivity index (χ1n) is 12.9. The molecule has 0 radical (unpaired) electrons. The fourth-order valence-electron chi connectivity index (χ4n) is 8.89. The maximum atomic E-state index is 4.93. The van der Waals surface area contributed by atoms with Crippen molar-refractivity contribution in [1.82, 2.24) is 0 Å². The molecule has 36 heavy (non-hydrogen) atoms. The average molecular weight is 621 g/mol. The Morgan fingerprint density at radius 3 is 1.81 bits per heavy atom. The first kappa shape index (κ1) is 32.1. The van der Waals surface area contributed by atoms with Crippen molar-refractivity contribution in [3.8, 4) is 0 Å². The summed E-state index contributed by atoms with van der Waals surface area (Å²) in [5.74, 6) is 5.26. The molecule has 4 heteroatoms. The SMILES string of the molecule is CC1=CC=C(C)C2C1CC(c1ccccc1)C2[Si](C)(C)C1C(C)C2C=CC=CC2C1C.[CH3-].[CH3-].[Cl][Zr+2][Cl]. The van der Waals surface area contributed by atoms with Gasteiger partial charge in [0.15, 0.2) is 0 Å². The van der Waals surface area contributed by atoms with Gasteiger partial charge in [0.25, 0.3) is 0 Å². The normalized spacial score (nSPS) is 36.1. The van der Waals surface area contributed by atoms with Gasteiger partial charge in [-0.2, -0.15) is 0 Å². The molecule has 0 nitrogen and oxygen atoms in total. The fraction of sp³-hybridized carbons (Fsp3) is 0.500. The summed E-state index contributed by atoms with van der Waals surface area (Å²) >= 11 is -0.826. The third-order valence-corrected chi connectivity index (χ3v) is 15.2. The van der Waals surface area contributed by atoms with Crippen LogP contribution in [0.25, 0.3) is 0 Å². The fourth-order valence-corrected chi connectivity index (χ4v) is 15.3. The number of halogens is 2. The number of hydrogen-bond donors (Lipinski definition) is 0. The molecule has 4 aliphatic rings. The van der Waals surface area contributed by atoms with Gasteiger partial charge in [0, 0.05) is 0 Å². The van der Waals surface area contributed by atoms with Gasteiger partial charge in [0.2, 0.25) is 0 Å². The molecular formula is C32H46Cl2SiZr. The third-order valence-electron chi connectivity index (χ3n) is 10.00. The Kier molecular flexibility index (Phi) is 11.8. The van der Waals surface area contributed by atoms with Crippen molar-refractivity contribution in [3.63, 3.8) is 0 Å². The van der Waals surface area contributed by atoms with Crippen LogP contribution in [0.15, 0.2) is 77.9 Å². The molecule has 2 fully saturated rings. The summed E-state index contributed by atoms with van der Waals surface area (Å²) in [5, 5.41) is 0. The van der Waals surface area contributed by atoms with Crippen molar-refractivity contribution in [2.75, 3.05) is 0 Å². The molecule has 0 amide bonds. The minimum absolute atomic E-state index is 0. The van der Waals surface area contributed by atoms with E-state index in [0.717, 1.165) is 46.6 Å². The molecule has 0 N–H and O–H groups in total. The molecule has 2 saturated carbocycles. The summed E-state index contributed by atoms with van der Waals surface area (Å²) in [4.78, 5) is 0. The van der Waals surface area contributed by atoms with Crippen LogP contribution in [0.2, 0.25) is 24.2 Å². The van der Waals surface area contributed by atoms with Crippen LogP contribution in [0.1, 0.15) is 45.6 Å². The van der Waals surface area contributed by atoms with Gasteiger partial charge in [-0.05, 0) is 78.3 Å². The Morgan fingerprint density at radius 1 is 0.778 bits per heavy atom. The Morgan fingerprint density at radius 2 is 1.28 bits per heavy atom. The van der Waals surface area contributed by atoms with Gasteiger partial charge in [-0.15, -0.1) is 0 Å². The van der Waals surface area contributed by atoms with Gasteiger partial charge in [-0.3, -0.25) is 0 Å². The topological polar surface area (TPSA) is 0 Å². The van der Waals surface area contributed by atoms with E-state index in [0.29, 0.717) is 5.92 Å². The Bertz CT molecular complexity index is 955. The van der Waals surface area contributed by atoms with E-state index in [9.17, 15) is 0 Å². The molecule has 4 aliphatic carbocycles. The van der Waals surface area contributed by atoms with Gasteiger partial charge in [0.1, 0.15) is 0 Å². The van der Waals surface area contributed by atoms with E-state index in [-0.39, 0.29) is 14.9 Å². The van der Waals surface area contributed by atoms with Crippen LogP contribution in [-0.2, 0) is 20.8 Å². The molecular weight excluding hydrogens is 575 g/mol. The average Bonchev–Trinajstić information content (AvgIpc) is 3.36. The van der Waals surface area contributed by atoms with Gasteiger partial charge in [0.05, 0.1) is 8.07 Å². The summed E-state index contributed by atoms with van der Waals surface area (Å²) < 4.78 is 0. The Hall–Kier alpha value is -0.140. The molecule has 5 rings (SSSR count). The Labute approximate surface area is 242 Å². The molecule has 0 spiro atoms. The van der Waals surface area contributed by atoms with Crippen molar-refractivity contribution in [3.05, 3.63) is 98.4 Å². The number of allylic oxidation sites excluding steroid dienone is 8. The van der Waals surface area contributed by atoms with Crippen LogP contribution in [0.4, 0.5) is 0 Å². The first-order valence-corrected chi connectivity index (χ1v) is 22.4. The van der Waals surface area contributed by atoms with E-state index in [2.05, 4.69) is 108 Å². The van der Waals surface area contributed by atoms with Crippen molar-refractivity contribution in [1.29, 1.82) is 0 Å². The van der Waals surface area contributed by atoms with Crippen LogP contribution < -0.4 is 0 Å². The van der Waals surface area contributed by atoms with E-state index < -0.39 is 28.9 Å².